The number of carbonyl (C=O) groups excluding carboxylic acids is 1. The molecule has 1 amide bonds. The van der Waals surface area contributed by atoms with Crippen LogP contribution in [0.3, 0.4) is 0 Å². The van der Waals surface area contributed by atoms with Gasteiger partial charge in [0.05, 0.1) is 0 Å². The summed E-state index contributed by atoms with van der Waals surface area (Å²) in [5.41, 5.74) is 0.199. The van der Waals surface area contributed by atoms with Gasteiger partial charge in [0.15, 0.2) is 6.04 Å². The molecule has 0 heterocycles. The third-order valence-corrected chi connectivity index (χ3v) is 1.66. The summed E-state index contributed by atoms with van der Waals surface area (Å²) in [5, 5.41) is 10.8. The fourth-order valence-corrected chi connectivity index (χ4v) is 1.06. The van der Waals surface area contributed by atoms with Gasteiger partial charge in [0.2, 0.25) is 6.41 Å². The van der Waals surface area contributed by atoms with Crippen LogP contribution in [0.5, 0.6) is 0 Å². The number of hydrogen-bond donors (Lipinski definition) is 2. The first-order chi connectivity index (χ1) is 6.65. The lowest BCUT2D eigenvalue weighted by Crippen LogP contribution is -2.27. The molecule has 4 nitrogen and oxygen atoms in total. The van der Waals surface area contributed by atoms with Crippen LogP contribution < -0.4 is 5.32 Å². The second-order valence-corrected chi connectivity index (χ2v) is 2.61. The van der Waals surface area contributed by atoms with Gasteiger partial charge in [-0.15, -0.1) is 0 Å². The van der Waals surface area contributed by atoms with Crippen LogP contribution in [-0.4, -0.2) is 17.5 Å². The van der Waals surface area contributed by atoms with E-state index in [1.54, 1.807) is 0 Å². The van der Waals surface area contributed by atoms with Gasteiger partial charge in [-0.1, -0.05) is 12.1 Å². The van der Waals surface area contributed by atoms with Gasteiger partial charge in [-0.3, -0.25) is 4.79 Å². The Hall–Kier alpha value is -1.91. The van der Waals surface area contributed by atoms with E-state index < -0.39 is 17.8 Å². The van der Waals surface area contributed by atoms with Crippen LogP contribution in [0.2, 0.25) is 0 Å². The van der Waals surface area contributed by atoms with Gasteiger partial charge in [0.1, 0.15) is 5.82 Å². The Kier molecular flexibility index (Phi) is 3.17. The summed E-state index contributed by atoms with van der Waals surface area (Å²) >= 11 is 0. The summed E-state index contributed by atoms with van der Waals surface area (Å²) in [6.07, 6.45) is 0.268. The second kappa shape index (κ2) is 4.36. The van der Waals surface area contributed by atoms with E-state index in [1.165, 1.54) is 18.2 Å². The largest absolute Gasteiger partial charge is 0.479 e. The molecule has 1 atom stereocenters. The van der Waals surface area contributed by atoms with Crippen LogP contribution in [-0.2, 0) is 9.59 Å². The predicted molar refractivity (Wildman–Crippen MR) is 46.0 cm³/mol. The van der Waals surface area contributed by atoms with Gasteiger partial charge < -0.3 is 10.4 Å². The summed E-state index contributed by atoms with van der Waals surface area (Å²) in [7, 11) is 0. The molecule has 0 aliphatic heterocycles. The molecule has 0 radical (unpaired) electrons. The molecule has 14 heavy (non-hydrogen) atoms. The molecule has 0 fully saturated rings. The van der Waals surface area contributed by atoms with Crippen molar-refractivity contribution < 1.29 is 19.1 Å². The normalized spacial score (nSPS) is 11.8. The number of benzene rings is 1. The number of halogens is 1. The molecule has 0 bridgehead atoms. The van der Waals surface area contributed by atoms with Crippen LogP contribution in [0.4, 0.5) is 4.39 Å². The number of carboxylic acids is 1. The van der Waals surface area contributed by atoms with Gasteiger partial charge >= 0.3 is 5.97 Å². The maximum absolute atomic E-state index is 12.7. The zero-order valence-corrected chi connectivity index (χ0v) is 7.11. The van der Waals surface area contributed by atoms with Crippen molar-refractivity contribution in [1.82, 2.24) is 5.32 Å². The highest BCUT2D eigenvalue weighted by Gasteiger charge is 2.18. The van der Waals surface area contributed by atoms with E-state index in [-0.39, 0.29) is 12.0 Å². The van der Waals surface area contributed by atoms with Crippen LogP contribution in [0.25, 0.3) is 0 Å². The average molecular weight is 197 g/mol. The number of amides is 1. The number of carbonyl (C=O) groups is 2. The fraction of sp³-hybridized carbons (Fsp3) is 0.111. The topological polar surface area (TPSA) is 66.4 Å². The standard InChI is InChI=1S/C9H8FNO3/c10-7-3-1-2-6(4-7)8(9(13)14)11-5-12/h1-5,8H,(H,11,12)(H,13,14). The van der Waals surface area contributed by atoms with Crippen LogP contribution in [0.1, 0.15) is 11.6 Å². The molecule has 0 spiro atoms. The van der Waals surface area contributed by atoms with Crippen molar-refractivity contribution in [2.75, 3.05) is 0 Å². The zero-order valence-electron chi connectivity index (χ0n) is 7.11. The Morgan fingerprint density at radius 2 is 2.29 bits per heavy atom. The second-order valence-electron chi connectivity index (χ2n) is 2.61. The first-order valence-corrected chi connectivity index (χ1v) is 3.83. The van der Waals surface area contributed by atoms with Gasteiger partial charge in [0.25, 0.3) is 0 Å². The lowest BCUT2D eigenvalue weighted by atomic mass is 10.1. The lowest BCUT2D eigenvalue weighted by Gasteiger charge is -2.10. The molecule has 0 aromatic heterocycles. The Balaban J connectivity index is 2.98. The van der Waals surface area contributed by atoms with E-state index in [2.05, 4.69) is 5.32 Å². The molecule has 1 aromatic rings. The molecule has 0 saturated heterocycles. The van der Waals surface area contributed by atoms with Crippen molar-refractivity contribution in [3.05, 3.63) is 35.6 Å². The van der Waals surface area contributed by atoms with Crippen molar-refractivity contribution in [2.45, 2.75) is 6.04 Å². The van der Waals surface area contributed by atoms with E-state index in [4.69, 9.17) is 5.11 Å². The molecular weight excluding hydrogens is 189 g/mol. The molecule has 1 rings (SSSR count). The number of aliphatic carboxylic acids is 1. The maximum atomic E-state index is 12.7. The minimum atomic E-state index is -1.23. The minimum Gasteiger partial charge on any atom is -0.479 e. The molecule has 2 N–H and O–H groups in total. The third-order valence-electron chi connectivity index (χ3n) is 1.66. The number of rotatable bonds is 4. The summed E-state index contributed by atoms with van der Waals surface area (Å²) in [4.78, 5) is 20.8. The van der Waals surface area contributed by atoms with Gasteiger partial charge in [-0.05, 0) is 17.7 Å². The maximum Gasteiger partial charge on any atom is 0.330 e. The number of carboxylic acid groups (broad SMARTS) is 1. The Labute approximate surface area is 79.4 Å². The van der Waals surface area contributed by atoms with Crippen LogP contribution in [0.15, 0.2) is 24.3 Å². The van der Waals surface area contributed by atoms with Gasteiger partial charge in [0, 0.05) is 0 Å². The van der Waals surface area contributed by atoms with Crippen LogP contribution >= 0.6 is 0 Å². The predicted octanol–water partition coefficient (Wildman–Crippen LogP) is 0.697. The van der Waals surface area contributed by atoms with E-state index >= 15 is 0 Å². The summed E-state index contributed by atoms with van der Waals surface area (Å²) in [5.74, 6) is -1.77. The molecule has 0 saturated carbocycles. The highest BCUT2D eigenvalue weighted by molar-refractivity contribution is 5.78. The molecule has 0 aliphatic carbocycles. The molecule has 1 unspecified atom stereocenters. The lowest BCUT2D eigenvalue weighted by molar-refractivity contribution is -0.140. The van der Waals surface area contributed by atoms with Crippen molar-refractivity contribution >= 4 is 12.4 Å². The highest BCUT2D eigenvalue weighted by atomic mass is 19.1. The smallest absolute Gasteiger partial charge is 0.330 e. The van der Waals surface area contributed by atoms with E-state index in [9.17, 15) is 14.0 Å². The number of nitrogens with one attached hydrogen (secondary N) is 1. The summed E-state index contributed by atoms with van der Waals surface area (Å²) in [6, 6.07) is 3.87. The molecule has 74 valence electrons. The first-order valence-electron chi connectivity index (χ1n) is 3.83. The Morgan fingerprint density at radius 1 is 1.57 bits per heavy atom. The quantitative estimate of drug-likeness (QED) is 0.698. The molecular formula is C9H8FNO3. The summed E-state index contributed by atoms with van der Waals surface area (Å²) < 4.78 is 12.7. The van der Waals surface area contributed by atoms with Crippen molar-refractivity contribution in [2.24, 2.45) is 0 Å². The average Bonchev–Trinajstić information content (AvgIpc) is 2.13. The van der Waals surface area contributed by atoms with Gasteiger partial charge in [-0.2, -0.15) is 0 Å². The number of hydrogen-bond acceptors (Lipinski definition) is 2. The Bertz CT molecular complexity index is 354. The van der Waals surface area contributed by atoms with Gasteiger partial charge in [-0.25, -0.2) is 9.18 Å². The monoisotopic (exact) mass is 197 g/mol. The fourth-order valence-electron chi connectivity index (χ4n) is 1.06. The van der Waals surface area contributed by atoms with E-state index in [0.717, 1.165) is 6.07 Å². The molecule has 1 aromatic carbocycles. The van der Waals surface area contributed by atoms with Crippen molar-refractivity contribution in [1.29, 1.82) is 0 Å². The zero-order chi connectivity index (χ0) is 10.6. The van der Waals surface area contributed by atoms with Crippen LogP contribution in [0, 0.1) is 5.82 Å². The summed E-state index contributed by atoms with van der Waals surface area (Å²) in [6.45, 7) is 0. The van der Waals surface area contributed by atoms with Crippen molar-refractivity contribution in [3.63, 3.8) is 0 Å². The van der Waals surface area contributed by atoms with E-state index in [0.29, 0.717) is 0 Å². The highest BCUT2D eigenvalue weighted by Crippen LogP contribution is 2.13. The van der Waals surface area contributed by atoms with Crippen molar-refractivity contribution in [3.8, 4) is 0 Å². The third kappa shape index (κ3) is 2.29. The van der Waals surface area contributed by atoms with E-state index in [1.807, 2.05) is 0 Å². The molecule has 0 aliphatic rings. The molecule has 5 heteroatoms. The SMILES string of the molecule is O=CNC(C(=O)O)c1cccc(F)c1. The Morgan fingerprint density at radius 3 is 2.79 bits per heavy atom. The minimum absolute atomic E-state index is 0.199. The first kappa shape index (κ1) is 10.2.